The van der Waals surface area contributed by atoms with Crippen LogP contribution in [0.5, 0.6) is 0 Å². The molecule has 0 radical (unpaired) electrons. The highest BCUT2D eigenvalue weighted by molar-refractivity contribution is 7.99. The molecule has 9 aromatic rings. The van der Waals surface area contributed by atoms with Crippen LogP contribution < -0.4 is 0 Å². The van der Waals surface area contributed by atoms with Crippen LogP contribution in [0.3, 0.4) is 0 Å². The fourth-order valence-electron chi connectivity index (χ4n) is 6.88. The summed E-state index contributed by atoms with van der Waals surface area (Å²) in [5.74, 6) is 0.745. The minimum absolute atomic E-state index is 0.745. The minimum Gasteiger partial charge on any atom is -0.316 e. The molecule has 3 aromatic heterocycles. The molecule has 0 aliphatic carbocycles. The van der Waals surface area contributed by atoms with Crippen molar-refractivity contribution in [1.82, 2.24) is 19.1 Å². The number of rotatable bonds is 3. The van der Waals surface area contributed by atoms with Gasteiger partial charge in [0.2, 0.25) is 0 Å². The highest BCUT2D eigenvalue weighted by Crippen LogP contribution is 2.47. The lowest BCUT2D eigenvalue weighted by Crippen LogP contribution is -2.00. The van der Waals surface area contributed by atoms with E-state index in [2.05, 4.69) is 155 Å². The summed E-state index contributed by atoms with van der Waals surface area (Å²) in [6.07, 6.45) is 2.17. The van der Waals surface area contributed by atoms with Crippen LogP contribution in [0.25, 0.3) is 77.6 Å². The smallest absolute Gasteiger partial charge is 0.160 e. The molecule has 1 aliphatic heterocycles. The summed E-state index contributed by atoms with van der Waals surface area (Å²) in [6, 6.07) is 49.7. The number of hydrogen-bond acceptors (Lipinski definition) is 3. The zero-order valence-corrected chi connectivity index (χ0v) is 24.9. The molecule has 0 fully saturated rings. The Bertz CT molecular complexity index is 2610. The summed E-state index contributed by atoms with van der Waals surface area (Å²) in [5.41, 5.74) is 10.0. The van der Waals surface area contributed by atoms with Gasteiger partial charge >= 0.3 is 0 Å². The number of nitrogens with zero attached hydrogens (tertiary/aromatic N) is 4. The van der Waals surface area contributed by atoms with E-state index in [4.69, 9.17) is 9.97 Å². The van der Waals surface area contributed by atoms with Crippen molar-refractivity contribution in [2.24, 2.45) is 0 Å². The lowest BCUT2D eigenvalue weighted by molar-refractivity contribution is 1.12. The molecule has 6 aromatic carbocycles. The molecular formula is C40H24N4S. The summed E-state index contributed by atoms with van der Waals surface area (Å²) in [7, 11) is 0. The molecule has 0 N–H and O–H groups in total. The standard InChI is InChI=1S/C40H24N4S/c1-2-9-28(10-3-1)44-33-14-6-4-11-29(33)31-23-26-21-22-43(34(26)24-35(31)44)27-19-17-25(18-20-27)40-41-32-13-8-16-37-38(32)39(42-40)30-12-5-7-15-36(30)45-37/h1-24H. The Hall–Kier alpha value is -5.65. The molecule has 4 nitrogen and oxygen atoms in total. The summed E-state index contributed by atoms with van der Waals surface area (Å²) in [4.78, 5) is 12.6. The second-order valence-corrected chi connectivity index (χ2v) is 12.6. The fourth-order valence-corrected chi connectivity index (χ4v) is 7.99. The second kappa shape index (κ2) is 9.42. The zero-order valence-electron chi connectivity index (χ0n) is 24.1. The maximum Gasteiger partial charge on any atom is 0.160 e. The van der Waals surface area contributed by atoms with Crippen LogP contribution in [0.2, 0.25) is 0 Å². The third-order valence-corrected chi connectivity index (χ3v) is 10.1. The number of hydrogen-bond donors (Lipinski definition) is 0. The second-order valence-electron chi connectivity index (χ2n) is 11.5. The predicted octanol–water partition coefficient (Wildman–Crippen LogP) is 10.5. The first-order chi connectivity index (χ1) is 22.3. The van der Waals surface area contributed by atoms with Crippen molar-refractivity contribution in [3.63, 3.8) is 0 Å². The quantitative estimate of drug-likeness (QED) is 0.205. The third kappa shape index (κ3) is 3.68. The van der Waals surface area contributed by atoms with E-state index < -0.39 is 0 Å². The van der Waals surface area contributed by atoms with Gasteiger partial charge in [0.25, 0.3) is 0 Å². The Morgan fingerprint density at radius 2 is 1.33 bits per heavy atom. The van der Waals surface area contributed by atoms with E-state index in [-0.39, 0.29) is 0 Å². The molecule has 45 heavy (non-hydrogen) atoms. The Morgan fingerprint density at radius 1 is 0.533 bits per heavy atom. The molecule has 0 bridgehead atoms. The van der Waals surface area contributed by atoms with E-state index in [1.807, 2.05) is 0 Å². The maximum atomic E-state index is 5.14. The average Bonchev–Trinajstić information content (AvgIpc) is 3.66. The Labute approximate surface area is 263 Å². The van der Waals surface area contributed by atoms with Crippen molar-refractivity contribution in [2.75, 3.05) is 0 Å². The fraction of sp³-hybridized carbons (Fsp3) is 0. The van der Waals surface area contributed by atoms with E-state index >= 15 is 0 Å². The van der Waals surface area contributed by atoms with Gasteiger partial charge in [-0.2, -0.15) is 0 Å². The van der Waals surface area contributed by atoms with E-state index in [0.29, 0.717) is 0 Å². The number of fused-ring (bicyclic) bond motifs is 6. The van der Waals surface area contributed by atoms with Crippen molar-refractivity contribution in [3.8, 4) is 34.0 Å². The first kappa shape index (κ1) is 24.8. The SMILES string of the molecule is c1ccc(-n2c3ccccc3c3cc4ccn(-c5ccc(-c6nc7c8c(cccc8n6)Sc6ccccc6-7)cc5)c4cc32)cc1. The first-order valence-corrected chi connectivity index (χ1v) is 15.9. The van der Waals surface area contributed by atoms with Gasteiger partial charge in [0, 0.05) is 60.0 Å². The normalized spacial score (nSPS) is 12.4. The molecule has 0 saturated heterocycles. The minimum atomic E-state index is 0.745. The summed E-state index contributed by atoms with van der Waals surface area (Å²) < 4.78 is 4.65. The number of aromatic nitrogens is 4. The maximum absolute atomic E-state index is 5.14. The summed E-state index contributed by atoms with van der Waals surface area (Å²) >= 11 is 1.79. The van der Waals surface area contributed by atoms with Gasteiger partial charge in [-0.05, 0) is 78.9 Å². The predicted molar refractivity (Wildman–Crippen MR) is 186 cm³/mol. The zero-order chi connectivity index (χ0) is 29.5. The molecule has 10 rings (SSSR count). The van der Waals surface area contributed by atoms with Crippen LogP contribution in [0, 0.1) is 0 Å². The van der Waals surface area contributed by atoms with Crippen LogP contribution in [-0.2, 0) is 0 Å². The highest BCUT2D eigenvalue weighted by Gasteiger charge is 2.22. The summed E-state index contributed by atoms with van der Waals surface area (Å²) in [5, 5.41) is 4.88. The van der Waals surface area contributed by atoms with E-state index in [0.717, 1.165) is 39.4 Å². The van der Waals surface area contributed by atoms with Crippen LogP contribution in [0.15, 0.2) is 156 Å². The van der Waals surface area contributed by atoms with Crippen molar-refractivity contribution in [1.29, 1.82) is 0 Å². The van der Waals surface area contributed by atoms with Crippen molar-refractivity contribution in [2.45, 2.75) is 9.79 Å². The van der Waals surface area contributed by atoms with Gasteiger partial charge in [-0.3, -0.25) is 0 Å². The monoisotopic (exact) mass is 592 g/mol. The molecule has 4 heterocycles. The molecule has 0 spiro atoms. The van der Waals surface area contributed by atoms with Crippen molar-refractivity contribution in [3.05, 3.63) is 146 Å². The molecule has 0 atom stereocenters. The van der Waals surface area contributed by atoms with E-state index in [1.54, 1.807) is 11.8 Å². The summed E-state index contributed by atoms with van der Waals surface area (Å²) in [6.45, 7) is 0. The van der Waals surface area contributed by atoms with Gasteiger partial charge in [0.1, 0.15) is 0 Å². The van der Waals surface area contributed by atoms with Crippen LogP contribution in [-0.4, -0.2) is 19.1 Å². The Morgan fingerprint density at radius 3 is 2.24 bits per heavy atom. The van der Waals surface area contributed by atoms with Gasteiger partial charge in [0.15, 0.2) is 5.82 Å². The highest BCUT2D eigenvalue weighted by atomic mass is 32.2. The van der Waals surface area contributed by atoms with Gasteiger partial charge in [-0.25, -0.2) is 9.97 Å². The number of benzene rings is 6. The van der Waals surface area contributed by atoms with Crippen LogP contribution >= 0.6 is 11.8 Å². The molecule has 1 aliphatic rings. The van der Waals surface area contributed by atoms with Crippen molar-refractivity contribution >= 4 is 55.4 Å². The molecule has 0 saturated carbocycles. The Balaban J connectivity index is 1.11. The molecular weight excluding hydrogens is 569 g/mol. The van der Waals surface area contributed by atoms with Crippen LogP contribution in [0.4, 0.5) is 0 Å². The number of para-hydroxylation sites is 2. The topological polar surface area (TPSA) is 35.6 Å². The molecule has 5 heteroatoms. The van der Waals surface area contributed by atoms with Crippen molar-refractivity contribution < 1.29 is 0 Å². The molecule has 210 valence electrons. The Kier molecular flexibility index (Phi) is 5.18. The van der Waals surface area contributed by atoms with Gasteiger partial charge in [0.05, 0.1) is 27.8 Å². The lowest BCUT2D eigenvalue weighted by atomic mass is 10.0. The van der Waals surface area contributed by atoms with Crippen LogP contribution in [0.1, 0.15) is 0 Å². The molecule has 0 unspecified atom stereocenters. The van der Waals surface area contributed by atoms with Gasteiger partial charge < -0.3 is 9.13 Å². The van der Waals surface area contributed by atoms with Gasteiger partial charge in [-0.1, -0.05) is 72.4 Å². The van der Waals surface area contributed by atoms with Gasteiger partial charge in [-0.15, -0.1) is 0 Å². The van der Waals surface area contributed by atoms with E-state index in [9.17, 15) is 0 Å². The average molecular weight is 593 g/mol. The third-order valence-electron chi connectivity index (χ3n) is 8.95. The molecule has 0 amide bonds. The first-order valence-electron chi connectivity index (χ1n) is 15.1. The van der Waals surface area contributed by atoms with E-state index in [1.165, 1.54) is 48.1 Å². The lowest BCUT2D eigenvalue weighted by Gasteiger charge is -2.19. The largest absolute Gasteiger partial charge is 0.316 e.